The summed E-state index contributed by atoms with van der Waals surface area (Å²) >= 11 is 0. The van der Waals surface area contributed by atoms with Gasteiger partial charge in [-0.05, 0) is 90.3 Å². The molecule has 1 atom stereocenters. The highest BCUT2D eigenvalue weighted by molar-refractivity contribution is 6.17. The van der Waals surface area contributed by atoms with Gasteiger partial charge in [0.1, 0.15) is 0 Å². The Morgan fingerprint density at radius 2 is 2.07 bits per heavy atom. The van der Waals surface area contributed by atoms with Crippen LogP contribution in [-0.2, 0) is 13.0 Å². The predicted molar refractivity (Wildman–Crippen MR) is 117 cm³/mol. The van der Waals surface area contributed by atoms with Crippen LogP contribution in [0.2, 0.25) is 0 Å². The van der Waals surface area contributed by atoms with Crippen LogP contribution in [-0.4, -0.2) is 33.0 Å². The van der Waals surface area contributed by atoms with E-state index >= 15 is 0 Å². The number of nitrogens with one attached hydrogen (secondary N) is 1. The summed E-state index contributed by atoms with van der Waals surface area (Å²) in [4.78, 5) is 13.8. The molecule has 0 amide bonds. The standard InChI is InChI=1S/C24H27N5O/c1-13-7-5-9-17-20(13)14(2)11-18-22(21(15(3)25-4)24(30)23(17)18)16-8-6-10-29-19(12-16)26-27-28-29/h11-12,22,25H,1,5-10H2,2-4H3/b21-15-. The molecule has 5 rings (SSSR count). The lowest BCUT2D eigenvalue weighted by molar-refractivity contribution is 0.103. The fourth-order valence-electron chi connectivity index (χ4n) is 5.46. The highest BCUT2D eigenvalue weighted by Gasteiger charge is 2.41. The molecule has 3 aliphatic rings. The Morgan fingerprint density at radius 3 is 2.87 bits per heavy atom. The zero-order chi connectivity index (χ0) is 21.0. The average Bonchev–Trinajstić information content (AvgIpc) is 3.22. The van der Waals surface area contributed by atoms with Crippen LogP contribution >= 0.6 is 0 Å². The van der Waals surface area contributed by atoms with Crippen molar-refractivity contribution in [1.29, 1.82) is 0 Å². The van der Waals surface area contributed by atoms with Crippen molar-refractivity contribution >= 4 is 17.4 Å². The lowest BCUT2D eigenvalue weighted by atomic mass is 9.79. The lowest BCUT2D eigenvalue weighted by Gasteiger charge is -2.24. The van der Waals surface area contributed by atoms with Gasteiger partial charge in [0, 0.05) is 36.3 Å². The summed E-state index contributed by atoms with van der Waals surface area (Å²) in [7, 11) is 1.89. The maximum Gasteiger partial charge on any atom is 0.192 e. The minimum absolute atomic E-state index is 0.0533. The Morgan fingerprint density at radius 1 is 1.23 bits per heavy atom. The zero-order valence-electron chi connectivity index (χ0n) is 17.9. The van der Waals surface area contributed by atoms with E-state index in [2.05, 4.69) is 46.5 Å². The normalized spacial score (nSPS) is 22.1. The van der Waals surface area contributed by atoms with Gasteiger partial charge in [-0.1, -0.05) is 18.2 Å². The highest BCUT2D eigenvalue weighted by Crippen LogP contribution is 2.49. The smallest absolute Gasteiger partial charge is 0.192 e. The second kappa shape index (κ2) is 7.04. The van der Waals surface area contributed by atoms with Crippen LogP contribution in [0.5, 0.6) is 0 Å². The van der Waals surface area contributed by atoms with Crippen LogP contribution < -0.4 is 5.32 Å². The first-order chi connectivity index (χ1) is 14.5. The fourth-order valence-corrected chi connectivity index (χ4v) is 5.46. The molecule has 1 unspecified atom stereocenters. The van der Waals surface area contributed by atoms with Gasteiger partial charge in [0.15, 0.2) is 11.6 Å². The van der Waals surface area contributed by atoms with E-state index in [1.807, 2.05) is 18.7 Å². The number of tetrazole rings is 1. The van der Waals surface area contributed by atoms with Crippen LogP contribution in [0.3, 0.4) is 0 Å². The minimum Gasteiger partial charge on any atom is -0.391 e. The summed E-state index contributed by atoms with van der Waals surface area (Å²) < 4.78 is 1.85. The summed E-state index contributed by atoms with van der Waals surface area (Å²) in [5, 5.41) is 15.4. The van der Waals surface area contributed by atoms with Gasteiger partial charge in [0.2, 0.25) is 0 Å². The largest absolute Gasteiger partial charge is 0.391 e. The van der Waals surface area contributed by atoms with E-state index in [1.54, 1.807) is 0 Å². The number of hydrogen-bond donors (Lipinski definition) is 1. The van der Waals surface area contributed by atoms with E-state index in [0.717, 1.165) is 72.4 Å². The topological polar surface area (TPSA) is 72.7 Å². The lowest BCUT2D eigenvalue weighted by Crippen LogP contribution is -2.14. The van der Waals surface area contributed by atoms with Crippen LogP contribution in [0.25, 0.3) is 11.6 Å². The van der Waals surface area contributed by atoms with E-state index < -0.39 is 0 Å². The summed E-state index contributed by atoms with van der Waals surface area (Å²) in [5.74, 6) is 0.882. The first-order valence-corrected chi connectivity index (χ1v) is 10.8. The molecule has 2 heterocycles. The number of allylic oxidation sites excluding steroid dienone is 4. The Labute approximate surface area is 176 Å². The molecule has 2 aromatic rings. The molecule has 0 fully saturated rings. The molecule has 1 aromatic carbocycles. The molecule has 0 spiro atoms. The van der Waals surface area contributed by atoms with Crippen LogP contribution in [0.15, 0.2) is 29.5 Å². The van der Waals surface area contributed by atoms with Gasteiger partial charge >= 0.3 is 0 Å². The summed E-state index contributed by atoms with van der Waals surface area (Å²) in [5.41, 5.74) is 9.89. The molecular formula is C24H27N5O. The molecule has 154 valence electrons. The molecule has 2 aliphatic carbocycles. The van der Waals surface area contributed by atoms with E-state index in [1.165, 1.54) is 22.3 Å². The molecule has 6 nitrogen and oxygen atoms in total. The molecule has 1 aliphatic heterocycles. The third-order valence-corrected chi connectivity index (χ3v) is 6.85. The van der Waals surface area contributed by atoms with Crippen molar-refractivity contribution in [3.63, 3.8) is 0 Å². The highest BCUT2D eigenvalue weighted by atomic mass is 16.1. The number of aryl methyl sites for hydroxylation is 2. The van der Waals surface area contributed by atoms with Crippen molar-refractivity contribution in [2.45, 2.75) is 58.4 Å². The molecule has 0 radical (unpaired) electrons. The Balaban J connectivity index is 1.77. The maximum absolute atomic E-state index is 13.8. The number of benzene rings is 1. The molecule has 0 bridgehead atoms. The van der Waals surface area contributed by atoms with Gasteiger partial charge < -0.3 is 5.32 Å². The van der Waals surface area contributed by atoms with Gasteiger partial charge in [-0.2, -0.15) is 0 Å². The van der Waals surface area contributed by atoms with Gasteiger partial charge in [-0.15, -0.1) is 5.10 Å². The Kier molecular flexibility index (Phi) is 4.45. The third-order valence-electron chi connectivity index (χ3n) is 6.85. The summed E-state index contributed by atoms with van der Waals surface area (Å²) in [6.45, 7) is 9.26. The van der Waals surface area contributed by atoms with Gasteiger partial charge in [0.05, 0.1) is 0 Å². The van der Waals surface area contributed by atoms with Crippen molar-refractivity contribution in [3.05, 3.63) is 63.1 Å². The minimum atomic E-state index is -0.0533. The summed E-state index contributed by atoms with van der Waals surface area (Å²) in [6.07, 6.45) is 6.97. The van der Waals surface area contributed by atoms with E-state index in [-0.39, 0.29) is 11.7 Å². The second-order valence-electron chi connectivity index (χ2n) is 8.60. The van der Waals surface area contributed by atoms with E-state index in [0.29, 0.717) is 0 Å². The molecule has 6 heteroatoms. The molecule has 1 aromatic heterocycles. The van der Waals surface area contributed by atoms with Crippen molar-refractivity contribution in [3.8, 4) is 0 Å². The molecular weight excluding hydrogens is 374 g/mol. The van der Waals surface area contributed by atoms with Crippen molar-refractivity contribution < 1.29 is 4.79 Å². The first kappa shape index (κ1) is 19.0. The van der Waals surface area contributed by atoms with Crippen molar-refractivity contribution in [2.75, 3.05) is 7.05 Å². The van der Waals surface area contributed by atoms with Crippen molar-refractivity contribution in [1.82, 2.24) is 25.5 Å². The Bertz CT molecular complexity index is 1150. The SMILES string of the molecule is C=C1CCCc2c1c(C)cc1c2C(=O)/C(=C(/C)NC)C1C1=Cc2nnnn2CCC1. The fraction of sp³-hybridized carbons (Fsp3) is 0.417. The van der Waals surface area contributed by atoms with Crippen LogP contribution in [0.1, 0.15) is 77.0 Å². The number of fused-ring (bicyclic) bond motifs is 4. The number of Topliss-reactive ketones (excluding diaryl/α,β-unsaturated/α-hetero) is 1. The van der Waals surface area contributed by atoms with E-state index in [4.69, 9.17) is 0 Å². The number of aromatic nitrogens is 4. The number of carbonyl (C=O) groups excluding carboxylic acids is 1. The van der Waals surface area contributed by atoms with Crippen molar-refractivity contribution in [2.24, 2.45) is 0 Å². The number of ketones is 1. The molecule has 0 saturated heterocycles. The average molecular weight is 402 g/mol. The number of carbonyl (C=O) groups is 1. The number of rotatable bonds is 2. The summed E-state index contributed by atoms with van der Waals surface area (Å²) in [6, 6.07) is 2.23. The van der Waals surface area contributed by atoms with Crippen LogP contribution in [0, 0.1) is 6.92 Å². The van der Waals surface area contributed by atoms with Crippen LogP contribution in [0.4, 0.5) is 0 Å². The number of nitrogens with zero attached hydrogens (tertiary/aromatic N) is 4. The first-order valence-electron chi connectivity index (χ1n) is 10.8. The van der Waals surface area contributed by atoms with Gasteiger partial charge in [-0.25, -0.2) is 4.68 Å². The maximum atomic E-state index is 13.8. The van der Waals surface area contributed by atoms with Gasteiger partial charge in [-0.3, -0.25) is 4.79 Å². The monoisotopic (exact) mass is 401 g/mol. The molecule has 1 N–H and O–H groups in total. The predicted octanol–water partition coefficient (Wildman–Crippen LogP) is 3.98. The zero-order valence-corrected chi connectivity index (χ0v) is 17.9. The molecule has 30 heavy (non-hydrogen) atoms. The number of hydrogen-bond acceptors (Lipinski definition) is 5. The quantitative estimate of drug-likeness (QED) is 0.771. The Hall–Kier alpha value is -3.02. The third kappa shape index (κ3) is 2.70. The second-order valence-corrected chi connectivity index (χ2v) is 8.60. The molecule has 0 saturated carbocycles. The van der Waals surface area contributed by atoms with Gasteiger partial charge in [0.25, 0.3) is 0 Å². The van der Waals surface area contributed by atoms with E-state index in [9.17, 15) is 4.79 Å².